The highest BCUT2D eigenvalue weighted by Gasteiger charge is 2.27. The lowest BCUT2D eigenvalue weighted by atomic mass is 9.97. The Morgan fingerprint density at radius 1 is 0.778 bits per heavy atom. The molecule has 2 atom stereocenters. The van der Waals surface area contributed by atoms with E-state index in [-0.39, 0.29) is 24.7 Å². The molecule has 2 aromatic carbocycles. The molecule has 296 valence electrons. The number of ether oxygens (including phenoxy) is 5. The highest BCUT2D eigenvalue weighted by atomic mass is 16.6. The Balaban J connectivity index is 0.000000242. The molecule has 5 rings (SSSR count). The quantitative estimate of drug-likeness (QED) is 0.208. The molecule has 3 fully saturated rings. The third kappa shape index (κ3) is 19.9. The normalized spacial score (nSPS) is 17.9. The summed E-state index contributed by atoms with van der Waals surface area (Å²) >= 11 is 0. The number of aliphatic hydroxyl groups excluding tert-OH is 1. The van der Waals surface area contributed by atoms with Crippen LogP contribution in [-0.4, -0.2) is 96.5 Å². The number of amides is 2. The summed E-state index contributed by atoms with van der Waals surface area (Å²) in [6.07, 6.45) is 8.51. The second kappa shape index (κ2) is 23.0. The van der Waals surface area contributed by atoms with Crippen LogP contribution in [0.3, 0.4) is 0 Å². The van der Waals surface area contributed by atoms with Gasteiger partial charge in [0.15, 0.2) is 0 Å². The van der Waals surface area contributed by atoms with E-state index in [2.05, 4.69) is 29.9 Å². The number of hydrogen-bond donors (Lipinski definition) is 1. The molecule has 3 heterocycles. The van der Waals surface area contributed by atoms with Crippen LogP contribution in [0.1, 0.15) is 84.8 Å². The summed E-state index contributed by atoms with van der Waals surface area (Å²) in [6.45, 7) is 17.1. The van der Waals surface area contributed by atoms with Gasteiger partial charge in [-0.15, -0.1) is 18.3 Å². The number of nitrogens with zero attached hydrogens (tertiary/aromatic N) is 2. The predicted molar refractivity (Wildman–Crippen MR) is 210 cm³/mol. The van der Waals surface area contributed by atoms with Crippen molar-refractivity contribution in [3.8, 4) is 24.2 Å². The SMILES string of the molecule is C#CC1CCN(C(=O)OC(C)(C)C)CC1.CC(C)(C)OC(=O)N1CCC(C#CC[C@@H](O)COCc2ccccc2)CC1.c1ccc(COC[C@H]2CO2)cc1. The van der Waals surface area contributed by atoms with E-state index in [1.54, 1.807) is 9.80 Å². The first-order valence-corrected chi connectivity index (χ1v) is 19.1. The molecule has 0 aromatic heterocycles. The van der Waals surface area contributed by atoms with Gasteiger partial charge >= 0.3 is 12.2 Å². The average molecular weight is 747 g/mol. The number of benzene rings is 2. The van der Waals surface area contributed by atoms with Crippen LogP contribution in [0.2, 0.25) is 0 Å². The standard InChI is InChI=1S/C22H31NO4.C12H19NO2.C10H12O2/c1-22(2,3)27-21(25)23-14-12-18(13-15-23)10-7-11-20(24)17-26-16-19-8-5-4-6-9-19;1-5-10-6-8-13(9-7-10)11(14)15-12(2,3)4;1-2-4-9(5-3-1)6-11-7-10-8-12-10/h4-6,8-9,18,20,24H,11-17H2,1-3H3;1,10H,6-9H2,2-4H3;1-5,10H,6-8H2/t20-;;10-/m1.0/s1. The molecule has 10 heteroatoms. The minimum atomic E-state index is -0.580. The Hall–Kier alpha value is -4.06. The van der Waals surface area contributed by atoms with Gasteiger partial charge in [-0.3, -0.25) is 0 Å². The molecular formula is C44H62N2O8. The molecule has 2 aromatic rings. The molecule has 54 heavy (non-hydrogen) atoms. The third-order valence-corrected chi connectivity index (χ3v) is 8.41. The van der Waals surface area contributed by atoms with Crippen molar-refractivity contribution in [1.82, 2.24) is 9.80 Å². The Kier molecular flexibility index (Phi) is 18.9. The second-order valence-corrected chi connectivity index (χ2v) is 15.8. The Bertz CT molecular complexity index is 1470. The zero-order chi connectivity index (χ0) is 39.4. The van der Waals surface area contributed by atoms with Crippen LogP contribution in [-0.2, 0) is 36.9 Å². The summed E-state index contributed by atoms with van der Waals surface area (Å²) in [7, 11) is 0. The number of piperidine rings is 2. The molecule has 0 spiro atoms. The maximum atomic E-state index is 12.0. The van der Waals surface area contributed by atoms with E-state index in [9.17, 15) is 14.7 Å². The summed E-state index contributed by atoms with van der Waals surface area (Å²) in [5, 5.41) is 9.98. The number of likely N-dealkylation sites (tertiary alicyclic amines) is 2. The van der Waals surface area contributed by atoms with Crippen molar-refractivity contribution in [2.24, 2.45) is 11.8 Å². The Morgan fingerprint density at radius 2 is 1.22 bits per heavy atom. The van der Waals surface area contributed by atoms with Gasteiger partial charge in [0.25, 0.3) is 0 Å². The molecule has 0 unspecified atom stereocenters. The van der Waals surface area contributed by atoms with E-state index in [1.165, 1.54) is 5.56 Å². The predicted octanol–water partition coefficient (Wildman–Crippen LogP) is 7.47. The minimum Gasteiger partial charge on any atom is -0.444 e. The average Bonchev–Trinajstić information content (AvgIpc) is 3.97. The van der Waals surface area contributed by atoms with Crippen LogP contribution in [0.4, 0.5) is 9.59 Å². The molecule has 0 radical (unpaired) electrons. The molecular weight excluding hydrogens is 684 g/mol. The summed E-state index contributed by atoms with van der Waals surface area (Å²) < 4.78 is 26.6. The van der Waals surface area contributed by atoms with Crippen LogP contribution in [0, 0.1) is 36.0 Å². The topological polar surface area (TPSA) is 110 Å². The van der Waals surface area contributed by atoms with Gasteiger partial charge in [-0.25, -0.2) is 9.59 Å². The fraction of sp³-hybridized carbons (Fsp3) is 0.591. The van der Waals surface area contributed by atoms with Gasteiger partial charge in [-0.05, 0) is 78.4 Å². The van der Waals surface area contributed by atoms with Crippen LogP contribution in [0.5, 0.6) is 0 Å². The van der Waals surface area contributed by atoms with Crippen molar-refractivity contribution >= 4 is 12.2 Å². The molecule has 0 bridgehead atoms. The summed E-state index contributed by atoms with van der Waals surface area (Å²) in [4.78, 5) is 27.2. The van der Waals surface area contributed by atoms with Crippen molar-refractivity contribution < 1.29 is 38.4 Å². The number of terminal acetylenes is 1. The maximum absolute atomic E-state index is 12.0. The van der Waals surface area contributed by atoms with Gasteiger partial charge in [0, 0.05) is 44.4 Å². The lowest BCUT2D eigenvalue weighted by Gasteiger charge is -2.31. The molecule has 10 nitrogen and oxygen atoms in total. The first-order chi connectivity index (χ1) is 25.7. The number of carbonyl (C=O) groups excluding carboxylic acids is 2. The molecule has 0 saturated carbocycles. The van der Waals surface area contributed by atoms with Crippen LogP contribution < -0.4 is 0 Å². The van der Waals surface area contributed by atoms with Gasteiger partial charge in [-0.2, -0.15) is 0 Å². The molecule has 3 aliphatic rings. The van der Waals surface area contributed by atoms with Crippen LogP contribution >= 0.6 is 0 Å². The van der Waals surface area contributed by atoms with Gasteiger partial charge < -0.3 is 38.6 Å². The van der Waals surface area contributed by atoms with Crippen molar-refractivity contribution in [2.45, 2.75) is 110 Å². The monoisotopic (exact) mass is 746 g/mol. The maximum Gasteiger partial charge on any atom is 0.410 e. The van der Waals surface area contributed by atoms with Crippen molar-refractivity contribution in [3.63, 3.8) is 0 Å². The number of carbonyl (C=O) groups is 2. The fourth-order valence-corrected chi connectivity index (χ4v) is 5.40. The van der Waals surface area contributed by atoms with E-state index >= 15 is 0 Å². The first kappa shape index (κ1) is 44.3. The third-order valence-electron chi connectivity index (χ3n) is 8.41. The molecule has 1 N–H and O–H groups in total. The van der Waals surface area contributed by atoms with E-state index in [1.807, 2.05) is 90.1 Å². The van der Waals surface area contributed by atoms with Gasteiger partial charge in [0.2, 0.25) is 0 Å². The van der Waals surface area contributed by atoms with Crippen molar-refractivity contribution in [3.05, 3.63) is 71.8 Å². The van der Waals surface area contributed by atoms with Crippen LogP contribution in [0.25, 0.3) is 0 Å². The zero-order valence-corrected chi connectivity index (χ0v) is 33.3. The number of rotatable bonds is 9. The van der Waals surface area contributed by atoms with Crippen molar-refractivity contribution in [1.29, 1.82) is 0 Å². The minimum absolute atomic E-state index is 0.224. The lowest BCUT2D eigenvalue weighted by molar-refractivity contribution is 0.0189. The van der Waals surface area contributed by atoms with E-state index in [0.717, 1.165) is 44.5 Å². The zero-order valence-electron chi connectivity index (χ0n) is 33.3. The lowest BCUT2D eigenvalue weighted by Crippen LogP contribution is -2.41. The van der Waals surface area contributed by atoms with E-state index in [4.69, 9.17) is 30.1 Å². The molecule has 3 saturated heterocycles. The van der Waals surface area contributed by atoms with Crippen molar-refractivity contribution in [2.75, 3.05) is 46.0 Å². The van der Waals surface area contributed by atoms with Crippen LogP contribution in [0.15, 0.2) is 60.7 Å². The second-order valence-electron chi connectivity index (χ2n) is 15.8. The molecule has 2 amide bonds. The summed E-state index contributed by atoms with van der Waals surface area (Å²) in [6, 6.07) is 20.1. The smallest absolute Gasteiger partial charge is 0.410 e. The summed E-state index contributed by atoms with van der Waals surface area (Å²) in [5.41, 5.74) is 1.43. The number of epoxide rings is 1. The Morgan fingerprint density at radius 3 is 1.65 bits per heavy atom. The number of hydrogen-bond acceptors (Lipinski definition) is 8. The summed E-state index contributed by atoms with van der Waals surface area (Å²) in [5.74, 6) is 9.62. The molecule has 0 aliphatic carbocycles. The van der Waals surface area contributed by atoms with Gasteiger partial charge in [0.05, 0.1) is 39.1 Å². The van der Waals surface area contributed by atoms with Gasteiger partial charge in [-0.1, -0.05) is 66.6 Å². The van der Waals surface area contributed by atoms with Gasteiger partial charge in [0.1, 0.15) is 17.3 Å². The highest BCUT2D eigenvalue weighted by Crippen LogP contribution is 2.20. The fourth-order valence-electron chi connectivity index (χ4n) is 5.40. The molecule has 3 aliphatic heterocycles. The highest BCUT2D eigenvalue weighted by molar-refractivity contribution is 5.68. The first-order valence-electron chi connectivity index (χ1n) is 19.1. The number of aliphatic hydroxyl groups is 1. The van der Waals surface area contributed by atoms with E-state index in [0.29, 0.717) is 57.8 Å². The van der Waals surface area contributed by atoms with E-state index < -0.39 is 17.3 Å². The largest absolute Gasteiger partial charge is 0.444 e. The Labute approximate surface area is 323 Å².